The molecule has 0 amide bonds. The predicted octanol–water partition coefficient (Wildman–Crippen LogP) is 4.66. The lowest BCUT2D eigenvalue weighted by Gasteiger charge is -2.42. The lowest BCUT2D eigenvalue weighted by Crippen LogP contribution is -2.52. The Morgan fingerprint density at radius 1 is 0.828 bits per heavy atom. The summed E-state index contributed by atoms with van der Waals surface area (Å²) in [5.41, 5.74) is -1.39. The first-order valence-corrected chi connectivity index (χ1v) is 13.3. The van der Waals surface area contributed by atoms with Gasteiger partial charge in [-0.1, -0.05) is 20.8 Å². The van der Waals surface area contributed by atoms with E-state index in [1.807, 2.05) is 0 Å². The Morgan fingerprint density at radius 3 is 1.62 bits per heavy atom. The quantitative estimate of drug-likeness (QED) is 0.479. The molecular weight excluding hydrogens is 388 g/mol. The average Bonchev–Trinajstić information content (AvgIpc) is 2.43. The van der Waals surface area contributed by atoms with Crippen LogP contribution in [0.2, 0.25) is 18.1 Å². The number of hydrogen-bond acceptors (Lipinski definition) is 6. The molecule has 0 bridgehead atoms. The third-order valence-corrected chi connectivity index (χ3v) is 9.88. The number of carbonyl (C=O) groups excluding carboxylic acids is 3. The van der Waals surface area contributed by atoms with Crippen LogP contribution in [-0.4, -0.2) is 43.3 Å². The van der Waals surface area contributed by atoms with Gasteiger partial charge in [-0.25, -0.2) is 0 Å². The van der Waals surface area contributed by atoms with Crippen LogP contribution in [0, 0.1) is 11.8 Å². The van der Waals surface area contributed by atoms with Crippen LogP contribution in [0.25, 0.3) is 0 Å². The standard InChI is InChI=1S/C22H40O6Si/c1-20(2,3)26-18(24)14-12-16(23)17(28-29(10,11)22(7,8)9)13-15(14)19(25)27-21(4,5)6/h14-15,17H,12-13H2,1-11H3/t14-,15-,17+/m0/s1. The average molecular weight is 429 g/mol. The van der Waals surface area contributed by atoms with Crippen molar-refractivity contribution in [2.75, 3.05) is 0 Å². The van der Waals surface area contributed by atoms with E-state index in [-0.39, 0.29) is 23.7 Å². The molecule has 0 heterocycles. The molecule has 6 nitrogen and oxygen atoms in total. The lowest BCUT2D eigenvalue weighted by molar-refractivity contribution is -0.178. The van der Waals surface area contributed by atoms with Gasteiger partial charge in [0, 0.05) is 6.42 Å². The summed E-state index contributed by atoms with van der Waals surface area (Å²) in [5, 5.41) is -0.0727. The Bertz CT molecular complexity index is 633. The number of rotatable bonds is 4. The fourth-order valence-electron chi connectivity index (χ4n) is 2.93. The molecule has 0 aromatic carbocycles. The first kappa shape index (κ1) is 25.8. The second kappa shape index (κ2) is 8.50. The Hall–Kier alpha value is -1.21. The maximum absolute atomic E-state index is 12.9. The number of ketones is 1. The zero-order valence-corrected chi connectivity index (χ0v) is 21.1. The van der Waals surface area contributed by atoms with E-state index in [2.05, 4.69) is 33.9 Å². The van der Waals surface area contributed by atoms with Crippen molar-refractivity contribution in [3.63, 3.8) is 0 Å². The third-order valence-electron chi connectivity index (χ3n) is 5.40. The highest BCUT2D eigenvalue weighted by Gasteiger charge is 2.49. The summed E-state index contributed by atoms with van der Waals surface area (Å²) in [6.07, 6.45) is -0.630. The fourth-order valence-corrected chi connectivity index (χ4v) is 4.22. The highest BCUT2D eigenvalue weighted by atomic mass is 28.4. The number of carbonyl (C=O) groups is 3. The number of Topliss-reactive ketones (excluding diaryl/α,β-unsaturated/α-hetero) is 1. The Kier molecular flexibility index (Phi) is 7.57. The Morgan fingerprint density at radius 2 is 1.24 bits per heavy atom. The van der Waals surface area contributed by atoms with Gasteiger partial charge in [-0.15, -0.1) is 0 Å². The van der Waals surface area contributed by atoms with E-state index in [4.69, 9.17) is 13.9 Å². The van der Waals surface area contributed by atoms with E-state index in [0.717, 1.165) is 0 Å². The van der Waals surface area contributed by atoms with E-state index in [1.165, 1.54) is 0 Å². The van der Waals surface area contributed by atoms with Crippen LogP contribution >= 0.6 is 0 Å². The smallest absolute Gasteiger partial charge is 0.310 e. The van der Waals surface area contributed by atoms with Crippen LogP contribution in [0.1, 0.15) is 75.2 Å². The molecule has 1 saturated carbocycles. The van der Waals surface area contributed by atoms with Gasteiger partial charge in [-0.2, -0.15) is 0 Å². The zero-order chi connectivity index (χ0) is 23.0. The summed E-state index contributed by atoms with van der Waals surface area (Å²) >= 11 is 0. The van der Waals surface area contributed by atoms with Crippen LogP contribution < -0.4 is 0 Å². The normalized spacial score (nSPS) is 24.2. The van der Waals surface area contributed by atoms with E-state index < -0.39 is 49.4 Å². The predicted molar refractivity (Wildman–Crippen MR) is 115 cm³/mol. The van der Waals surface area contributed by atoms with Gasteiger partial charge in [0.1, 0.15) is 17.3 Å². The first-order chi connectivity index (χ1) is 12.7. The molecule has 29 heavy (non-hydrogen) atoms. The van der Waals surface area contributed by atoms with Gasteiger partial charge in [-0.05, 0) is 66.1 Å². The molecule has 0 aliphatic heterocycles. The van der Waals surface area contributed by atoms with Crippen molar-refractivity contribution in [1.82, 2.24) is 0 Å². The lowest BCUT2D eigenvalue weighted by atomic mass is 9.77. The molecule has 0 saturated heterocycles. The third kappa shape index (κ3) is 7.52. The van der Waals surface area contributed by atoms with Gasteiger partial charge in [0.2, 0.25) is 0 Å². The van der Waals surface area contributed by atoms with Crippen LogP contribution in [-0.2, 0) is 28.3 Å². The molecule has 0 unspecified atom stereocenters. The molecule has 0 N–H and O–H groups in total. The summed E-state index contributed by atoms with van der Waals surface area (Å²) in [7, 11) is -2.22. The molecule has 3 atom stereocenters. The van der Waals surface area contributed by atoms with Gasteiger partial charge < -0.3 is 13.9 Å². The molecule has 0 aromatic heterocycles. The largest absolute Gasteiger partial charge is 0.460 e. The minimum atomic E-state index is -2.22. The van der Waals surface area contributed by atoms with Crippen molar-refractivity contribution in [2.45, 2.75) is 111 Å². The van der Waals surface area contributed by atoms with Crippen molar-refractivity contribution in [1.29, 1.82) is 0 Å². The van der Waals surface area contributed by atoms with Gasteiger partial charge in [0.05, 0.1) is 11.8 Å². The maximum Gasteiger partial charge on any atom is 0.310 e. The van der Waals surface area contributed by atoms with Crippen molar-refractivity contribution >= 4 is 26.0 Å². The molecular formula is C22H40O6Si. The molecule has 0 aromatic rings. The number of esters is 2. The molecule has 1 rings (SSSR count). The van der Waals surface area contributed by atoms with Crippen LogP contribution in [0.5, 0.6) is 0 Å². The van der Waals surface area contributed by atoms with E-state index >= 15 is 0 Å². The summed E-state index contributed by atoms with van der Waals surface area (Å²) in [4.78, 5) is 38.6. The first-order valence-electron chi connectivity index (χ1n) is 10.4. The topological polar surface area (TPSA) is 78.9 Å². The monoisotopic (exact) mass is 428 g/mol. The summed E-state index contributed by atoms with van der Waals surface area (Å²) < 4.78 is 17.4. The summed E-state index contributed by atoms with van der Waals surface area (Å²) in [5.74, 6) is -2.78. The molecule has 0 radical (unpaired) electrons. The maximum atomic E-state index is 12.9. The minimum Gasteiger partial charge on any atom is -0.460 e. The Balaban J connectivity index is 3.16. The van der Waals surface area contributed by atoms with E-state index in [9.17, 15) is 14.4 Å². The Labute approximate surface area is 177 Å². The van der Waals surface area contributed by atoms with Crippen molar-refractivity contribution in [2.24, 2.45) is 11.8 Å². The van der Waals surface area contributed by atoms with Crippen LogP contribution in [0.3, 0.4) is 0 Å². The van der Waals surface area contributed by atoms with E-state index in [1.54, 1.807) is 41.5 Å². The van der Waals surface area contributed by atoms with Gasteiger partial charge in [0.15, 0.2) is 14.1 Å². The second-order valence-electron chi connectivity index (χ2n) is 11.6. The highest BCUT2D eigenvalue weighted by molar-refractivity contribution is 6.74. The summed E-state index contributed by atoms with van der Waals surface area (Å²) in [6, 6.07) is 0. The van der Waals surface area contributed by atoms with Crippen molar-refractivity contribution in [3.8, 4) is 0 Å². The van der Waals surface area contributed by atoms with Crippen LogP contribution in [0.4, 0.5) is 0 Å². The number of hydrogen-bond donors (Lipinski definition) is 0. The zero-order valence-electron chi connectivity index (χ0n) is 20.1. The molecule has 1 fully saturated rings. The molecule has 168 valence electrons. The van der Waals surface area contributed by atoms with E-state index in [0.29, 0.717) is 0 Å². The van der Waals surface area contributed by atoms with Gasteiger partial charge in [0.25, 0.3) is 0 Å². The summed E-state index contributed by atoms with van der Waals surface area (Å²) in [6.45, 7) is 21.1. The fraction of sp³-hybridized carbons (Fsp3) is 0.864. The second-order valence-corrected chi connectivity index (χ2v) is 16.3. The van der Waals surface area contributed by atoms with Gasteiger partial charge in [-0.3, -0.25) is 14.4 Å². The molecule has 7 heteroatoms. The SMILES string of the molecule is CC(C)(C)OC(=O)[C@H]1CC(=O)[C@H](O[Si](C)(C)C(C)(C)C)C[C@@H]1C(=O)OC(C)(C)C. The van der Waals surface area contributed by atoms with Crippen molar-refractivity contribution in [3.05, 3.63) is 0 Å². The molecule has 1 aliphatic rings. The molecule has 1 aliphatic carbocycles. The van der Waals surface area contributed by atoms with Gasteiger partial charge >= 0.3 is 11.9 Å². The van der Waals surface area contributed by atoms with Crippen molar-refractivity contribution < 1.29 is 28.3 Å². The minimum absolute atomic E-state index is 0.0713. The highest BCUT2D eigenvalue weighted by Crippen LogP contribution is 2.41. The molecule has 0 spiro atoms. The number of ether oxygens (including phenoxy) is 2. The van der Waals surface area contributed by atoms with Crippen LogP contribution in [0.15, 0.2) is 0 Å².